The van der Waals surface area contributed by atoms with Crippen LogP contribution in [-0.4, -0.2) is 16.5 Å². The summed E-state index contributed by atoms with van der Waals surface area (Å²) in [5.74, 6) is -0.173. The highest BCUT2D eigenvalue weighted by molar-refractivity contribution is 5.87. The Kier molecular flexibility index (Phi) is 3.92. The molecule has 5 heteroatoms. The van der Waals surface area contributed by atoms with Gasteiger partial charge in [0.2, 0.25) is 5.91 Å². The Labute approximate surface area is 128 Å². The number of nitrogens with zero attached hydrogens (tertiary/aromatic N) is 2. The lowest BCUT2D eigenvalue weighted by Crippen LogP contribution is -2.37. The summed E-state index contributed by atoms with van der Waals surface area (Å²) >= 11 is 0. The van der Waals surface area contributed by atoms with Gasteiger partial charge in [-0.15, -0.1) is 0 Å². The quantitative estimate of drug-likeness (QED) is 0.940. The van der Waals surface area contributed by atoms with Gasteiger partial charge in [-0.25, -0.2) is 0 Å². The fourth-order valence-corrected chi connectivity index (χ4v) is 3.05. The van der Waals surface area contributed by atoms with Gasteiger partial charge in [0.1, 0.15) is 12.6 Å². The van der Waals surface area contributed by atoms with Crippen molar-refractivity contribution >= 4 is 16.7 Å². The molecule has 1 aliphatic carbocycles. The number of rotatable bonds is 3. The number of hydrogen-bond acceptors (Lipinski definition) is 3. The third-order valence-electron chi connectivity index (χ3n) is 4.15. The minimum absolute atomic E-state index is 0.0468. The average Bonchev–Trinajstić information content (AvgIpc) is 3.03. The zero-order valence-corrected chi connectivity index (χ0v) is 12.2. The van der Waals surface area contributed by atoms with Crippen molar-refractivity contribution in [3.63, 3.8) is 0 Å². The Morgan fingerprint density at radius 1 is 1.27 bits per heavy atom. The number of fused-ring (bicyclic) bond motifs is 1. The maximum atomic E-state index is 12.4. The van der Waals surface area contributed by atoms with Gasteiger partial charge in [-0.2, -0.15) is 5.26 Å². The van der Waals surface area contributed by atoms with Crippen LogP contribution < -0.4 is 10.9 Å². The van der Waals surface area contributed by atoms with Crippen LogP contribution in [0.15, 0.2) is 35.3 Å². The van der Waals surface area contributed by atoms with Gasteiger partial charge >= 0.3 is 0 Å². The zero-order chi connectivity index (χ0) is 15.5. The molecule has 0 saturated heterocycles. The molecule has 3 rings (SSSR count). The summed E-state index contributed by atoms with van der Waals surface area (Å²) in [7, 11) is 0. The van der Waals surface area contributed by atoms with Crippen molar-refractivity contribution in [3.05, 3.63) is 46.4 Å². The lowest BCUT2D eigenvalue weighted by atomic mass is 10.1. The summed E-state index contributed by atoms with van der Waals surface area (Å²) in [6, 6.07) is 9.30. The van der Waals surface area contributed by atoms with Gasteiger partial charge in [0.25, 0.3) is 5.56 Å². The first-order valence-electron chi connectivity index (χ1n) is 7.50. The molecule has 112 valence electrons. The van der Waals surface area contributed by atoms with Crippen molar-refractivity contribution in [2.45, 2.75) is 38.3 Å². The molecule has 22 heavy (non-hydrogen) atoms. The van der Waals surface area contributed by atoms with E-state index in [4.69, 9.17) is 0 Å². The molecule has 1 N–H and O–H groups in total. The van der Waals surface area contributed by atoms with Crippen molar-refractivity contribution < 1.29 is 4.79 Å². The highest BCUT2D eigenvalue weighted by Crippen LogP contribution is 2.18. The van der Waals surface area contributed by atoms with Crippen LogP contribution in [0.5, 0.6) is 0 Å². The first-order valence-corrected chi connectivity index (χ1v) is 7.50. The number of pyridine rings is 1. The minimum Gasteiger partial charge on any atom is -0.352 e. The molecular formula is C17H17N3O2. The van der Waals surface area contributed by atoms with E-state index < -0.39 is 0 Å². The lowest BCUT2D eigenvalue weighted by molar-refractivity contribution is -0.122. The maximum Gasteiger partial charge on any atom is 0.258 e. The van der Waals surface area contributed by atoms with E-state index in [2.05, 4.69) is 11.4 Å². The van der Waals surface area contributed by atoms with E-state index in [1.54, 1.807) is 24.3 Å². The molecule has 1 aromatic heterocycles. The van der Waals surface area contributed by atoms with Crippen LogP contribution in [0.4, 0.5) is 0 Å². The molecular weight excluding hydrogens is 278 g/mol. The number of nitrogens with one attached hydrogen (secondary N) is 1. The number of nitriles is 1. The monoisotopic (exact) mass is 295 g/mol. The zero-order valence-electron chi connectivity index (χ0n) is 12.2. The van der Waals surface area contributed by atoms with Crippen molar-refractivity contribution in [1.29, 1.82) is 5.26 Å². The summed E-state index contributed by atoms with van der Waals surface area (Å²) in [6.07, 6.45) is 5.75. The van der Waals surface area contributed by atoms with Crippen LogP contribution in [-0.2, 0) is 11.3 Å². The third-order valence-corrected chi connectivity index (χ3v) is 4.15. The lowest BCUT2D eigenvalue weighted by Gasteiger charge is -2.13. The average molecular weight is 295 g/mol. The Hall–Kier alpha value is -2.61. The molecule has 0 radical (unpaired) electrons. The molecule has 0 atom stereocenters. The van der Waals surface area contributed by atoms with Gasteiger partial charge in [-0.3, -0.25) is 9.59 Å². The highest BCUT2D eigenvalue weighted by Gasteiger charge is 2.18. The summed E-state index contributed by atoms with van der Waals surface area (Å²) in [5.41, 5.74) is 0.167. The van der Waals surface area contributed by atoms with Crippen molar-refractivity contribution in [2.75, 3.05) is 0 Å². The fourth-order valence-electron chi connectivity index (χ4n) is 3.05. The van der Waals surface area contributed by atoms with E-state index in [0.717, 1.165) is 25.7 Å². The molecule has 1 aromatic carbocycles. The Morgan fingerprint density at radius 3 is 2.64 bits per heavy atom. The number of amides is 1. The molecule has 2 aromatic rings. The van der Waals surface area contributed by atoms with Crippen LogP contribution in [0.3, 0.4) is 0 Å². The molecule has 0 aliphatic heterocycles. The fraction of sp³-hybridized carbons (Fsp3) is 0.353. The van der Waals surface area contributed by atoms with Crippen LogP contribution in [0.2, 0.25) is 0 Å². The van der Waals surface area contributed by atoms with Gasteiger partial charge in [-0.05, 0) is 18.9 Å². The Bertz CT molecular complexity index is 811. The predicted molar refractivity (Wildman–Crippen MR) is 83.3 cm³/mol. The summed E-state index contributed by atoms with van der Waals surface area (Å²) < 4.78 is 1.32. The van der Waals surface area contributed by atoms with Gasteiger partial charge in [-0.1, -0.05) is 31.0 Å². The maximum absolute atomic E-state index is 12.4. The first-order chi connectivity index (χ1) is 10.7. The van der Waals surface area contributed by atoms with Gasteiger partial charge in [0.15, 0.2) is 0 Å². The smallest absolute Gasteiger partial charge is 0.258 e. The van der Waals surface area contributed by atoms with E-state index in [-0.39, 0.29) is 24.1 Å². The number of carbonyl (C=O) groups is 1. The van der Waals surface area contributed by atoms with Crippen LogP contribution in [0, 0.1) is 11.3 Å². The molecule has 5 nitrogen and oxygen atoms in total. The second-order valence-electron chi connectivity index (χ2n) is 5.68. The van der Waals surface area contributed by atoms with Crippen LogP contribution in [0.25, 0.3) is 10.8 Å². The predicted octanol–water partition coefficient (Wildman–Crippen LogP) is 1.93. The van der Waals surface area contributed by atoms with Gasteiger partial charge in [0, 0.05) is 23.0 Å². The number of carbonyl (C=O) groups excluding carboxylic acids is 1. The molecule has 1 amide bonds. The molecule has 0 bridgehead atoms. The minimum atomic E-state index is -0.240. The Morgan fingerprint density at radius 2 is 1.95 bits per heavy atom. The van der Waals surface area contributed by atoms with E-state index in [0.29, 0.717) is 16.3 Å². The molecule has 1 heterocycles. The Balaban J connectivity index is 1.90. The first kappa shape index (κ1) is 14.3. The molecule has 1 aliphatic rings. The van der Waals surface area contributed by atoms with E-state index in [1.807, 2.05) is 0 Å². The van der Waals surface area contributed by atoms with E-state index >= 15 is 0 Å². The summed E-state index contributed by atoms with van der Waals surface area (Å²) in [5, 5.41) is 13.3. The number of benzene rings is 1. The second-order valence-corrected chi connectivity index (χ2v) is 5.68. The summed E-state index contributed by atoms with van der Waals surface area (Å²) in [4.78, 5) is 24.5. The van der Waals surface area contributed by atoms with Gasteiger partial charge in [0.05, 0.1) is 5.56 Å². The number of hydrogen-bond donors (Lipinski definition) is 1. The SMILES string of the molecule is N#Cc1cn(CC(=O)NC2CCCC2)c(=O)c2ccccc12. The van der Waals surface area contributed by atoms with Crippen LogP contribution in [0.1, 0.15) is 31.2 Å². The largest absolute Gasteiger partial charge is 0.352 e. The molecule has 1 saturated carbocycles. The number of aromatic nitrogens is 1. The molecule has 1 fully saturated rings. The van der Waals surface area contributed by atoms with E-state index in [1.165, 1.54) is 10.8 Å². The standard InChI is InChI=1S/C17H17N3O2/c18-9-12-10-20(11-16(21)19-13-5-1-2-6-13)17(22)15-8-4-3-7-14(12)15/h3-4,7-8,10,13H,1-2,5-6,11H2,(H,19,21). The topological polar surface area (TPSA) is 74.9 Å². The van der Waals surface area contributed by atoms with Crippen molar-refractivity contribution in [3.8, 4) is 6.07 Å². The summed E-state index contributed by atoms with van der Waals surface area (Å²) in [6.45, 7) is -0.0468. The molecule has 0 unspecified atom stereocenters. The van der Waals surface area contributed by atoms with Gasteiger partial charge < -0.3 is 9.88 Å². The third kappa shape index (κ3) is 2.73. The van der Waals surface area contributed by atoms with Crippen molar-refractivity contribution in [2.24, 2.45) is 0 Å². The second kappa shape index (κ2) is 6.02. The van der Waals surface area contributed by atoms with Crippen LogP contribution >= 0.6 is 0 Å². The van der Waals surface area contributed by atoms with E-state index in [9.17, 15) is 14.9 Å². The molecule has 0 spiro atoms. The normalized spacial score (nSPS) is 14.9. The highest BCUT2D eigenvalue weighted by atomic mass is 16.2. The van der Waals surface area contributed by atoms with Crippen molar-refractivity contribution in [1.82, 2.24) is 9.88 Å².